The van der Waals surface area contributed by atoms with Gasteiger partial charge in [-0.25, -0.2) is 0 Å². The molecule has 0 aliphatic carbocycles. The summed E-state index contributed by atoms with van der Waals surface area (Å²) in [6, 6.07) is 4.24. The lowest BCUT2D eigenvalue weighted by Crippen LogP contribution is -2.31. The Morgan fingerprint density at radius 2 is 1.23 bits per heavy atom. The van der Waals surface area contributed by atoms with Crippen LogP contribution in [0.1, 0.15) is 109 Å². The molecule has 31 heavy (non-hydrogen) atoms. The molecule has 4 nitrogen and oxygen atoms in total. The first-order valence-electron chi connectivity index (χ1n) is 12.9. The Morgan fingerprint density at radius 3 is 1.74 bits per heavy atom. The molecule has 0 amide bonds. The molecule has 0 aromatic heterocycles. The highest BCUT2D eigenvalue weighted by molar-refractivity contribution is 5.49. The van der Waals surface area contributed by atoms with Gasteiger partial charge >= 0.3 is 0 Å². The van der Waals surface area contributed by atoms with Crippen molar-refractivity contribution in [3.8, 4) is 11.5 Å². The molecule has 0 spiro atoms. The summed E-state index contributed by atoms with van der Waals surface area (Å²) in [6.07, 6.45) is 15.8. The van der Waals surface area contributed by atoms with E-state index in [0.29, 0.717) is 19.8 Å². The zero-order valence-corrected chi connectivity index (χ0v) is 21.1. The summed E-state index contributed by atoms with van der Waals surface area (Å²) in [6.45, 7) is 8.42. The molecular weight excluding hydrogens is 386 g/mol. The lowest BCUT2D eigenvalue weighted by Gasteiger charge is -2.34. The zero-order chi connectivity index (χ0) is 23.0. The van der Waals surface area contributed by atoms with Crippen LogP contribution in [0.3, 0.4) is 0 Å². The second-order valence-corrected chi connectivity index (χ2v) is 9.40. The van der Waals surface area contributed by atoms with Gasteiger partial charge in [-0.05, 0) is 37.0 Å². The standard InChI is InChI=1S/C27H49NO3/c1-6-9-11-13-15-17-19-30-26-22-24(8-3)21-25(23-28(4,5)29)27(26)31-20-18-16-14-12-10-7-2/h21-22H,6-20,23H2,1-5H3. The monoisotopic (exact) mass is 435 g/mol. The van der Waals surface area contributed by atoms with Gasteiger partial charge in [0.25, 0.3) is 0 Å². The maximum Gasteiger partial charge on any atom is 0.170 e. The summed E-state index contributed by atoms with van der Waals surface area (Å²) in [7, 11) is 3.37. The first-order chi connectivity index (χ1) is 14.9. The van der Waals surface area contributed by atoms with Crippen molar-refractivity contribution in [2.24, 2.45) is 0 Å². The van der Waals surface area contributed by atoms with E-state index in [1.54, 1.807) is 14.1 Å². The van der Waals surface area contributed by atoms with Crippen LogP contribution in [0.5, 0.6) is 11.5 Å². The van der Waals surface area contributed by atoms with E-state index < -0.39 is 0 Å². The largest absolute Gasteiger partial charge is 0.633 e. The SMILES string of the molecule is CCCCCCCCOc1cc(CC)cc(C[N+](C)(C)[O-])c1OCCCCCCCC. The summed E-state index contributed by atoms with van der Waals surface area (Å²) in [5.74, 6) is 1.61. The third kappa shape index (κ3) is 13.0. The maximum absolute atomic E-state index is 12.4. The molecule has 0 aliphatic rings. The quantitative estimate of drug-likeness (QED) is 0.126. The fourth-order valence-corrected chi connectivity index (χ4v) is 3.85. The van der Waals surface area contributed by atoms with Gasteiger partial charge in [-0.2, -0.15) is 0 Å². The third-order valence-corrected chi connectivity index (χ3v) is 5.65. The van der Waals surface area contributed by atoms with Crippen molar-refractivity contribution in [2.45, 2.75) is 111 Å². The minimum Gasteiger partial charge on any atom is -0.633 e. The smallest absolute Gasteiger partial charge is 0.170 e. The molecule has 0 bridgehead atoms. The number of quaternary nitrogens is 1. The summed E-state index contributed by atoms with van der Waals surface area (Å²) in [5, 5.41) is 12.4. The van der Waals surface area contributed by atoms with Crippen molar-refractivity contribution in [3.05, 3.63) is 28.5 Å². The van der Waals surface area contributed by atoms with Gasteiger partial charge in [0, 0.05) is 0 Å². The third-order valence-electron chi connectivity index (χ3n) is 5.65. The van der Waals surface area contributed by atoms with Gasteiger partial charge in [-0.1, -0.05) is 85.0 Å². The topological polar surface area (TPSA) is 41.5 Å². The number of hydrogen-bond donors (Lipinski definition) is 0. The van der Waals surface area contributed by atoms with Gasteiger partial charge in [0.2, 0.25) is 0 Å². The summed E-state index contributed by atoms with van der Waals surface area (Å²) in [5.41, 5.74) is 2.18. The van der Waals surface area contributed by atoms with Crippen molar-refractivity contribution >= 4 is 0 Å². The van der Waals surface area contributed by atoms with E-state index >= 15 is 0 Å². The molecule has 0 heterocycles. The number of unbranched alkanes of at least 4 members (excludes halogenated alkanes) is 10. The van der Waals surface area contributed by atoms with Crippen LogP contribution >= 0.6 is 0 Å². The minimum absolute atomic E-state index is 0.364. The normalized spacial score (nSPS) is 11.7. The van der Waals surface area contributed by atoms with Gasteiger partial charge < -0.3 is 19.3 Å². The second-order valence-electron chi connectivity index (χ2n) is 9.40. The number of aryl methyl sites for hydroxylation is 1. The van der Waals surface area contributed by atoms with Crippen LogP contribution in [0.15, 0.2) is 12.1 Å². The van der Waals surface area contributed by atoms with E-state index in [4.69, 9.17) is 9.47 Å². The van der Waals surface area contributed by atoms with Crippen LogP contribution in [0.2, 0.25) is 0 Å². The molecule has 0 N–H and O–H groups in total. The molecule has 0 saturated heterocycles. The predicted octanol–water partition coefficient (Wildman–Crippen LogP) is 7.80. The fraction of sp³-hybridized carbons (Fsp3) is 0.778. The minimum atomic E-state index is -0.364. The second kappa shape index (κ2) is 16.4. The van der Waals surface area contributed by atoms with E-state index in [0.717, 1.165) is 36.3 Å². The Labute approximate surface area is 192 Å². The average Bonchev–Trinajstić information content (AvgIpc) is 2.72. The molecule has 0 saturated carbocycles. The molecule has 0 radical (unpaired) electrons. The van der Waals surface area contributed by atoms with Gasteiger partial charge in [0.1, 0.15) is 6.54 Å². The van der Waals surface area contributed by atoms with Gasteiger partial charge in [-0.3, -0.25) is 0 Å². The highest BCUT2D eigenvalue weighted by atomic mass is 16.5. The van der Waals surface area contributed by atoms with Crippen LogP contribution in [-0.2, 0) is 13.0 Å². The lowest BCUT2D eigenvalue weighted by molar-refractivity contribution is -0.853. The van der Waals surface area contributed by atoms with Crippen LogP contribution in [0.25, 0.3) is 0 Å². The molecule has 180 valence electrons. The van der Waals surface area contributed by atoms with Gasteiger partial charge in [0.05, 0.1) is 32.9 Å². The van der Waals surface area contributed by atoms with E-state index in [1.807, 2.05) is 0 Å². The van der Waals surface area contributed by atoms with Gasteiger partial charge in [0.15, 0.2) is 11.5 Å². The first kappa shape index (κ1) is 27.8. The van der Waals surface area contributed by atoms with E-state index in [2.05, 4.69) is 32.9 Å². The van der Waals surface area contributed by atoms with Crippen LogP contribution in [-0.4, -0.2) is 32.0 Å². The Kier molecular flexibility index (Phi) is 14.7. The Hall–Kier alpha value is -1.26. The molecule has 0 fully saturated rings. The van der Waals surface area contributed by atoms with Gasteiger partial charge in [-0.15, -0.1) is 0 Å². The van der Waals surface area contributed by atoms with Crippen LogP contribution in [0, 0.1) is 5.21 Å². The maximum atomic E-state index is 12.4. The summed E-state index contributed by atoms with van der Waals surface area (Å²) in [4.78, 5) is 0. The van der Waals surface area contributed by atoms with Crippen molar-refractivity contribution in [1.82, 2.24) is 0 Å². The van der Waals surface area contributed by atoms with Crippen molar-refractivity contribution in [3.63, 3.8) is 0 Å². The molecule has 0 aliphatic heterocycles. The average molecular weight is 436 g/mol. The van der Waals surface area contributed by atoms with E-state index in [-0.39, 0.29) is 4.65 Å². The molecule has 1 aromatic carbocycles. The van der Waals surface area contributed by atoms with Crippen LogP contribution in [0.4, 0.5) is 0 Å². The zero-order valence-electron chi connectivity index (χ0n) is 21.1. The summed E-state index contributed by atoms with van der Waals surface area (Å²) >= 11 is 0. The molecular formula is C27H49NO3. The Bertz CT molecular complexity index is 581. The molecule has 0 atom stereocenters. The van der Waals surface area contributed by atoms with E-state index in [1.165, 1.54) is 69.8 Å². The van der Waals surface area contributed by atoms with Crippen LogP contribution < -0.4 is 9.47 Å². The van der Waals surface area contributed by atoms with Crippen molar-refractivity contribution in [1.29, 1.82) is 0 Å². The number of rotatable bonds is 19. The molecule has 1 rings (SSSR count). The van der Waals surface area contributed by atoms with E-state index in [9.17, 15) is 5.21 Å². The number of nitrogens with zero attached hydrogens (tertiary/aromatic N) is 1. The van der Waals surface area contributed by atoms with Crippen molar-refractivity contribution in [2.75, 3.05) is 27.3 Å². The highest BCUT2D eigenvalue weighted by Crippen LogP contribution is 2.35. The summed E-state index contributed by atoms with van der Waals surface area (Å²) < 4.78 is 12.1. The lowest BCUT2D eigenvalue weighted by atomic mass is 10.1. The number of ether oxygens (including phenoxy) is 2. The Morgan fingerprint density at radius 1 is 0.710 bits per heavy atom. The Balaban J connectivity index is 2.77. The number of hydrogen-bond acceptors (Lipinski definition) is 3. The predicted molar refractivity (Wildman–Crippen MR) is 133 cm³/mol. The molecule has 1 aromatic rings. The number of hydroxylamine groups is 3. The van der Waals surface area contributed by atoms with Crippen molar-refractivity contribution < 1.29 is 14.1 Å². The highest BCUT2D eigenvalue weighted by Gasteiger charge is 2.18. The molecule has 0 unspecified atom stereocenters. The fourth-order valence-electron chi connectivity index (χ4n) is 3.85. The molecule has 4 heteroatoms. The first-order valence-corrected chi connectivity index (χ1v) is 12.9. The number of benzene rings is 1.